The van der Waals surface area contributed by atoms with Crippen LogP contribution in [0.15, 0.2) is 84.9 Å². The largest absolute Gasteiger partial charge is 0.507 e. The van der Waals surface area contributed by atoms with E-state index in [0.717, 1.165) is 50.1 Å². The summed E-state index contributed by atoms with van der Waals surface area (Å²) in [5.41, 5.74) is 10.1. The third-order valence-electron chi connectivity index (χ3n) is 10.9. The number of amides is 3. The van der Waals surface area contributed by atoms with Crippen LogP contribution < -0.4 is 26.0 Å². The number of aromatic hydroxyl groups is 1. The molecule has 53 heavy (non-hydrogen) atoms. The lowest BCUT2D eigenvalue weighted by atomic mass is 9.80. The molecule has 1 aromatic heterocycles. The van der Waals surface area contributed by atoms with Crippen LogP contribution in [0, 0.1) is 0 Å². The summed E-state index contributed by atoms with van der Waals surface area (Å²) in [5.74, 6) is 0.980. The van der Waals surface area contributed by atoms with Crippen molar-refractivity contribution in [1.82, 2.24) is 25.7 Å². The van der Waals surface area contributed by atoms with E-state index in [4.69, 9.17) is 10.5 Å². The van der Waals surface area contributed by atoms with E-state index in [0.29, 0.717) is 67.5 Å². The van der Waals surface area contributed by atoms with Crippen molar-refractivity contribution in [3.63, 3.8) is 0 Å². The first-order chi connectivity index (χ1) is 25.8. The Labute approximate surface area is 309 Å². The van der Waals surface area contributed by atoms with E-state index in [9.17, 15) is 19.5 Å². The molecule has 5 N–H and O–H groups in total. The molecule has 0 spiro atoms. The zero-order valence-corrected chi connectivity index (χ0v) is 29.9. The number of phenolic OH excluding ortho intramolecular Hbond substituents is 1. The third-order valence-corrected chi connectivity index (χ3v) is 10.9. The molecule has 4 heterocycles. The van der Waals surface area contributed by atoms with Gasteiger partial charge in [0.05, 0.1) is 16.9 Å². The average Bonchev–Trinajstić information content (AvgIpc) is 3.18. The van der Waals surface area contributed by atoms with Crippen LogP contribution in [0.2, 0.25) is 0 Å². The van der Waals surface area contributed by atoms with Gasteiger partial charge >= 0.3 is 0 Å². The van der Waals surface area contributed by atoms with Crippen molar-refractivity contribution < 1.29 is 24.2 Å². The Hall–Kier alpha value is -5.49. The fourth-order valence-corrected chi connectivity index (χ4v) is 7.89. The van der Waals surface area contributed by atoms with Gasteiger partial charge in [-0.2, -0.15) is 0 Å². The first kappa shape index (κ1) is 35.9. The van der Waals surface area contributed by atoms with Gasteiger partial charge in [-0.1, -0.05) is 54.6 Å². The molecule has 3 aromatic carbocycles. The van der Waals surface area contributed by atoms with Crippen LogP contribution >= 0.6 is 0 Å². The Bertz CT molecular complexity index is 1910. The van der Waals surface area contributed by atoms with Crippen LogP contribution in [0.4, 0.5) is 11.5 Å². The number of ether oxygens (including phenoxy) is 1. The number of rotatable bonds is 11. The van der Waals surface area contributed by atoms with Crippen molar-refractivity contribution in [2.75, 3.05) is 43.4 Å². The quantitative estimate of drug-likeness (QED) is 0.157. The Balaban J connectivity index is 0.897. The summed E-state index contributed by atoms with van der Waals surface area (Å²) < 4.78 is 5.84. The number of benzene rings is 3. The monoisotopic (exact) mass is 717 g/mol. The minimum atomic E-state index is -0.636. The normalized spacial score (nSPS) is 19.4. The Kier molecular flexibility index (Phi) is 10.9. The van der Waals surface area contributed by atoms with Crippen molar-refractivity contribution >= 4 is 29.2 Å². The number of nitrogens with zero attached hydrogens (tertiary/aromatic N) is 4. The van der Waals surface area contributed by atoms with E-state index in [1.54, 1.807) is 18.2 Å². The summed E-state index contributed by atoms with van der Waals surface area (Å²) in [6, 6.07) is 27.1. The number of hydrogen-bond acceptors (Lipinski definition) is 10. The summed E-state index contributed by atoms with van der Waals surface area (Å²) in [6.07, 6.45) is 4.77. The molecule has 3 aliphatic heterocycles. The van der Waals surface area contributed by atoms with Crippen LogP contribution in [0.1, 0.15) is 68.4 Å². The van der Waals surface area contributed by atoms with E-state index in [-0.39, 0.29) is 29.9 Å². The number of phenols is 1. The summed E-state index contributed by atoms with van der Waals surface area (Å²) in [7, 11) is 0. The molecule has 3 amide bonds. The highest BCUT2D eigenvalue weighted by Crippen LogP contribution is 2.38. The van der Waals surface area contributed by atoms with Gasteiger partial charge in [0.2, 0.25) is 11.8 Å². The van der Waals surface area contributed by atoms with Gasteiger partial charge in [-0.25, -0.2) is 0 Å². The summed E-state index contributed by atoms with van der Waals surface area (Å²) in [4.78, 5) is 41.6. The molecule has 1 atom stereocenters. The van der Waals surface area contributed by atoms with E-state index in [1.165, 1.54) is 5.56 Å². The standard InChI is InChI=1S/C41H47N7O5/c42-39-34(27-33(45-46-39)32-9-4-5-10-35(32)49)48-25-20-41(21-26-48,30-7-2-1-3-8-30)44-38(51)11-6-22-47-23-18-29(19-24-47)28-12-14-31(15-13-28)53-36-16-17-37(50)43-40(36)52/h1-5,7-10,12-15,27,29,36,49H,6,11,16-26H2,(H2,42,46)(H,44,51)(H,43,50,52). The van der Waals surface area contributed by atoms with E-state index in [2.05, 4.69) is 54.9 Å². The Morgan fingerprint density at radius 1 is 0.925 bits per heavy atom. The minimum Gasteiger partial charge on any atom is -0.507 e. The van der Waals surface area contributed by atoms with Gasteiger partial charge in [0, 0.05) is 37.9 Å². The van der Waals surface area contributed by atoms with Gasteiger partial charge in [0.25, 0.3) is 5.91 Å². The maximum Gasteiger partial charge on any atom is 0.267 e. The molecule has 0 radical (unpaired) electrons. The highest BCUT2D eigenvalue weighted by Gasteiger charge is 2.38. The van der Waals surface area contributed by atoms with E-state index in [1.807, 2.05) is 42.5 Å². The maximum atomic E-state index is 13.5. The molecule has 12 nitrogen and oxygen atoms in total. The first-order valence-corrected chi connectivity index (χ1v) is 18.6. The molecule has 0 aliphatic carbocycles. The predicted molar refractivity (Wildman–Crippen MR) is 202 cm³/mol. The number of aromatic nitrogens is 2. The number of carbonyl (C=O) groups is 3. The summed E-state index contributed by atoms with van der Waals surface area (Å²) in [5, 5.41) is 24.6. The van der Waals surface area contributed by atoms with E-state index < -0.39 is 11.6 Å². The number of hydrogen-bond donors (Lipinski definition) is 4. The van der Waals surface area contributed by atoms with Gasteiger partial charge in [0.1, 0.15) is 11.5 Å². The number of likely N-dealkylation sites (tertiary alicyclic amines) is 1. The minimum absolute atomic E-state index is 0.0590. The van der Waals surface area contributed by atoms with Crippen molar-refractivity contribution in [3.05, 3.63) is 96.1 Å². The number of para-hydroxylation sites is 1. The molecule has 1 unspecified atom stereocenters. The zero-order chi connectivity index (χ0) is 36.8. The zero-order valence-electron chi connectivity index (χ0n) is 29.9. The molecule has 3 aliphatic rings. The summed E-state index contributed by atoms with van der Waals surface area (Å²) >= 11 is 0. The number of carbonyl (C=O) groups excluding carboxylic acids is 3. The van der Waals surface area contributed by atoms with Crippen molar-refractivity contribution in [1.29, 1.82) is 0 Å². The number of nitrogen functional groups attached to an aromatic ring is 1. The Morgan fingerprint density at radius 2 is 1.64 bits per heavy atom. The fraction of sp³-hybridized carbons (Fsp3) is 0.390. The molecule has 4 aromatic rings. The SMILES string of the molecule is Nc1nnc(-c2ccccc2O)cc1N1CCC(NC(=O)CCCN2CCC(c3ccc(OC4CCC(=O)NC4=O)cc3)CC2)(c2ccccc2)CC1. The molecular weight excluding hydrogens is 670 g/mol. The number of anilines is 2. The maximum absolute atomic E-state index is 13.5. The molecule has 0 saturated carbocycles. The van der Waals surface area contributed by atoms with Crippen LogP contribution in [0.3, 0.4) is 0 Å². The second kappa shape index (κ2) is 16.0. The van der Waals surface area contributed by atoms with Crippen molar-refractivity contribution in [2.24, 2.45) is 0 Å². The topological polar surface area (TPSA) is 163 Å². The highest BCUT2D eigenvalue weighted by molar-refractivity contribution is 5.99. The lowest BCUT2D eigenvalue weighted by Gasteiger charge is -2.44. The third kappa shape index (κ3) is 8.44. The fourth-order valence-electron chi connectivity index (χ4n) is 7.89. The van der Waals surface area contributed by atoms with Gasteiger partial charge in [-0.05, 0) is 99.1 Å². The number of piperidine rings is 3. The number of nitrogens with two attached hydrogens (primary N) is 1. The van der Waals surface area contributed by atoms with Crippen molar-refractivity contribution in [3.8, 4) is 22.8 Å². The lowest BCUT2D eigenvalue weighted by molar-refractivity contribution is -0.139. The first-order valence-electron chi connectivity index (χ1n) is 18.6. The molecular formula is C41H47N7O5. The highest BCUT2D eigenvalue weighted by atomic mass is 16.5. The van der Waals surface area contributed by atoms with Crippen LogP contribution in [0.5, 0.6) is 11.5 Å². The van der Waals surface area contributed by atoms with Gasteiger partial charge < -0.3 is 30.7 Å². The number of nitrogens with one attached hydrogen (secondary N) is 2. The lowest BCUT2D eigenvalue weighted by Crippen LogP contribution is -2.53. The molecule has 7 rings (SSSR count). The average molecular weight is 718 g/mol. The van der Waals surface area contributed by atoms with Crippen LogP contribution in [-0.2, 0) is 19.9 Å². The van der Waals surface area contributed by atoms with E-state index >= 15 is 0 Å². The smallest absolute Gasteiger partial charge is 0.267 e. The molecule has 0 bridgehead atoms. The van der Waals surface area contributed by atoms with Crippen molar-refractivity contribution in [2.45, 2.75) is 68.9 Å². The number of imide groups is 1. The van der Waals surface area contributed by atoms with Gasteiger partial charge in [0.15, 0.2) is 11.9 Å². The molecule has 3 fully saturated rings. The second-order valence-electron chi connectivity index (χ2n) is 14.3. The molecule has 12 heteroatoms. The van der Waals surface area contributed by atoms with Gasteiger partial charge in [-0.3, -0.25) is 19.7 Å². The van der Waals surface area contributed by atoms with Crippen LogP contribution in [0.25, 0.3) is 11.3 Å². The molecule has 276 valence electrons. The Morgan fingerprint density at radius 3 is 2.36 bits per heavy atom. The van der Waals surface area contributed by atoms with Gasteiger partial charge in [-0.15, -0.1) is 10.2 Å². The van der Waals surface area contributed by atoms with Crippen LogP contribution in [-0.4, -0.2) is 76.8 Å². The second-order valence-corrected chi connectivity index (χ2v) is 14.3. The summed E-state index contributed by atoms with van der Waals surface area (Å²) in [6.45, 7) is 4.15. The predicted octanol–water partition coefficient (Wildman–Crippen LogP) is 4.89. The molecule has 3 saturated heterocycles.